The number of imidazole rings is 1. The van der Waals surface area contributed by atoms with Crippen LogP contribution in [-0.4, -0.2) is 19.3 Å². The highest BCUT2D eigenvalue weighted by atomic mass is 15.3. The standard InChI is InChI=1S/C20H27N5/c1-5-8-19-17(22-14-20-21-11-12-24(20)15(2)3)13-23-25(19)18-10-7-6-9-16(18)4/h6-7,9-13,15,22H,5,8,14H2,1-4H3. The molecular formula is C20H27N5. The van der Waals surface area contributed by atoms with E-state index in [4.69, 9.17) is 0 Å². The van der Waals surface area contributed by atoms with E-state index in [1.807, 2.05) is 18.6 Å². The number of benzene rings is 1. The van der Waals surface area contributed by atoms with Crippen molar-refractivity contribution in [2.24, 2.45) is 0 Å². The summed E-state index contributed by atoms with van der Waals surface area (Å²) in [6, 6.07) is 8.78. The average Bonchev–Trinajstić information content (AvgIpc) is 3.21. The van der Waals surface area contributed by atoms with Crippen molar-refractivity contribution in [1.82, 2.24) is 19.3 Å². The Morgan fingerprint density at radius 2 is 2.00 bits per heavy atom. The summed E-state index contributed by atoms with van der Waals surface area (Å²) >= 11 is 0. The average molecular weight is 337 g/mol. The lowest BCUT2D eigenvalue weighted by Crippen LogP contribution is -2.11. The summed E-state index contributed by atoms with van der Waals surface area (Å²) in [6.45, 7) is 9.36. The van der Waals surface area contributed by atoms with Gasteiger partial charge in [0, 0.05) is 18.4 Å². The Morgan fingerprint density at radius 1 is 1.20 bits per heavy atom. The van der Waals surface area contributed by atoms with Crippen molar-refractivity contribution in [3.8, 4) is 5.69 Å². The van der Waals surface area contributed by atoms with Crippen LogP contribution in [0.2, 0.25) is 0 Å². The van der Waals surface area contributed by atoms with Gasteiger partial charge in [-0.05, 0) is 38.8 Å². The smallest absolute Gasteiger partial charge is 0.128 e. The molecule has 25 heavy (non-hydrogen) atoms. The number of hydrogen-bond donors (Lipinski definition) is 1. The Morgan fingerprint density at radius 3 is 2.72 bits per heavy atom. The van der Waals surface area contributed by atoms with Crippen molar-refractivity contribution < 1.29 is 0 Å². The molecule has 1 aromatic carbocycles. The molecule has 0 fully saturated rings. The molecular weight excluding hydrogens is 310 g/mol. The first kappa shape index (κ1) is 17.3. The fraction of sp³-hybridized carbons (Fsp3) is 0.400. The molecule has 0 aliphatic carbocycles. The van der Waals surface area contributed by atoms with E-state index in [9.17, 15) is 0 Å². The number of nitrogens with one attached hydrogen (secondary N) is 1. The predicted molar refractivity (Wildman–Crippen MR) is 102 cm³/mol. The normalized spacial score (nSPS) is 11.2. The van der Waals surface area contributed by atoms with Crippen LogP contribution < -0.4 is 5.32 Å². The summed E-state index contributed by atoms with van der Waals surface area (Å²) in [6.07, 6.45) is 7.88. The Labute approximate surface area is 149 Å². The monoisotopic (exact) mass is 337 g/mol. The molecule has 0 aliphatic heterocycles. The van der Waals surface area contributed by atoms with Crippen LogP contribution in [0.3, 0.4) is 0 Å². The molecule has 0 amide bonds. The molecule has 0 spiro atoms. The van der Waals surface area contributed by atoms with E-state index in [0.717, 1.165) is 30.0 Å². The first-order chi connectivity index (χ1) is 12.1. The molecule has 132 valence electrons. The van der Waals surface area contributed by atoms with Crippen molar-refractivity contribution in [1.29, 1.82) is 0 Å². The van der Waals surface area contributed by atoms with Gasteiger partial charge in [-0.1, -0.05) is 31.5 Å². The number of para-hydroxylation sites is 1. The Hall–Kier alpha value is -2.56. The minimum atomic E-state index is 0.407. The summed E-state index contributed by atoms with van der Waals surface area (Å²) < 4.78 is 4.26. The third-order valence-corrected chi connectivity index (χ3v) is 4.44. The van der Waals surface area contributed by atoms with Gasteiger partial charge in [-0.25, -0.2) is 9.67 Å². The largest absolute Gasteiger partial charge is 0.375 e. The Balaban J connectivity index is 1.87. The van der Waals surface area contributed by atoms with Gasteiger partial charge in [0.05, 0.1) is 29.8 Å². The van der Waals surface area contributed by atoms with Crippen LogP contribution in [-0.2, 0) is 13.0 Å². The van der Waals surface area contributed by atoms with E-state index in [1.54, 1.807) is 0 Å². The quantitative estimate of drug-likeness (QED) is 0.689. The highest BCUT2D eigenvalue weighted by molar-refractivity contribution is 5.52. The van der Waals surface area contributed by atoms with E-state index in [1.165, 1.54) is 11.3 Å². The number of aromatic nitrogens is 4. The molecule has 5 heteroatoms. The van der Waals surface area contributed by atoms with Crippen molar-refractivity contribution >= 4 is 5.69 Å². The third kappa shape index (κ3) is 3.60. The van der Waals surface area contributed by atoms with E-state index in [2.05, 4.69) is 76.6 Å². The van der Waals surface area contributed by atoms with Gasteiger partial charge in [0.2, 0.25) is 0 Å². The highest BCUT2D eigenvalue weighted by Gasteiger charge is 2.14. The number of rotatable bonds is 7. The molecule has 2 heterocycles. The second kappa shape index (κ2) is 7.55. The molecule has 0 unspecified atom stereocenters. The van der Waals surface area contributed by atoms with Crippen LogP contribution >= 0.6 is 0 Å². The first-order valence-corrected chi connectivity index (χ1v) is 9.00. The predicted octanol–water partition coefficient (Wildman–Crippen LogP) is 4.52. The Bertz CT molecular complexity index is 828. The van der Waals surface area contributed by atoms with Gasteiger partial charge in [-0.2, -0.15) is 5.10 Å². The zero-order valence-corrected chi connectivity index (χ0v) is 15.5. The SMILES string of the molecule is CCCc1c(NCc2nccn2C(C)C)cnn1-c1ccccc1C. The van der Waals surface area contributed by atoms with Crippen LogP contribution in [0.15, 0.2) is 42.9 Å². The third-order valence-electron chi connectivity index (χ3n) is 4.44. The molecule has 0 saturated carbocycles. The van der Waals surface area contributed by atoms with E-state index >= 15 is 0 Å². The maximum absolute atomic E-state index is 4.65. The topological polar surface area (TPSA) is 47.7 Å². The molecule has 2 aromatic heterocycles. The lowest BCUT2D eigenvalue weighted by atomic mass is 10.1. The fourth-order valence-electron chi connectivity index (χ4n) is 3.13. The van der Waals surface area contributed by atoms with E-state index < -0.39 is 0 Å². The van der Waals surface area contributed by atoms with Gasteiger partial charge in [0.25, 0.3) is 0 Å². The zero-order valence-electron chi connectivity index (χ0n) is 15.5. The summed E-state index contributed by atoms with van der Waals surface area (Å²) in [7, 11) is 0. The van der Waals surface area contributed by atoms with Crippen LogP contribution in [0.5, 0.6) is 0 Å². The molecule has 1 N–H and O–H groups in total. The van der Waals surface area contributed by atoms with Gasteiger partial charge in [0.15, 0.2) is 0 Å². The maximum atomic E-state index is 4.65. The fourth-order valence-corrected chi connectivity index (χ4v) is 3.13. The van der Waals surface area contributed by atoms with Crippen LogP contribution in [0.4, 0.5) is 5.69 Å². The molecule has 5 nitrogen and oxygen atoms in total. The first-order valence-electron chi connectivity index (χ1n) is 9.00. The van der Waals surface area contributed by atoms with Crippen molar-refractivity contribution in [3.63, 3.8) is 0 Å². The van der Waals surface area contributed by atoms with Crippen molar-refractivity contribution in [3.05, 3.63) is 59.9 Å². The number of anilines is 1. The summed E-state index contributed by atoms with van der Waals surface area (Å²) in [5.41, 5.74) is 4.68. The van der Waals surface area contributed by atoms with Crippen LogP contribution in [0.25, 0.3) is 5.69 Å². The van der Waals surface area contributed by atoms with Crippen molar-refractivity contribution in [2.45, 2.75) is 53.1 Å². The summed E-state index contributed by atoms with van der Waals surface area (Å²) in [4.78, 5) is 4.48. The minimum Gasteiger partial charge on any atom is -0.375 e. The zero-order chi connectivity index (χ0) is 17.8. The molecule has 0 bridgehead atoms. The second-order valence-corrected chi connectivity index (χ2v) is 6.65. The lowest BCUT2D eigenvalue weighted by molar-refractivity contribution is 0.573. The number of nitrogens with zero attached hydrogens (tertiary/aromatic N) is 4. The van der Waals surface area contributed by atoms with Crippen LogP contribution in [0, 0.1) is 6.92 Å². The minimum absolute atomic E-state index is 0.407. The molecule has 0 atom stereocenters. The van der Waals surface area contributed by atoms with Crippen molar-refractivity contribution in [2.75, 3.05) is 5.32 Å². The molecule has 3 rings (SSSR count). The Kier molecular flexibility index (Phi) is 5.22. The van der Waals surface area contributed by atoms with E-state index in [-0.39, 0.29) is 0 Å². The van der Waals surface area contributed by atoms with Gasteiger partial charge in [-0.15, -0.1) is 0 Å². The maximum Gasteiger partial charge on any atom is 0.128 e. The number of aryl methyl sites for hydroxylation is 1. The van der Waals surface area contributed by atoms with E-state index in [0.29, 0.717) is 12.6 Å². The molecule has 0 saturated heterocycles. The van der Waals surface area contributed by atoms with Gasteiger partial charge in [0.1, 0.15) is 5.82 Å². The summed E-state index contributed by atoms with van der Waals surface area (Å²) in [5.74, 6) is 1.04. The second-order valence-electron chi connectivity index (χ2n) is 6.65. The van der Waals surface area contributed by atoms with Crippen LogP contribution in [0.1, 0.15) is 50.3 Å². The number of hydrogen-bond acceptors (Lipinski definition) is 3. The highest BCUT2D eigenvalue weighted by Crippen LogP contribution is 2.23. The van der Waals surface area contributed by atoms with Gasteiger partial charge < -0.3 is 9.88 Å². The van der Waals surface area contributed by atoms with Gasteiger partial charge in [-0.3, -0.25) is 0 Å². The molecule has 3 aromatic rings. The molecule has 0 radical (unpaired) electrons. The summed E-state index contributed by atoms with van der Waals surface area (Å²) in [5, 5.41) is 8.19. The van der Waals surface area contributed by atoms with Gasteiger partial charge >= 0.3 is 0 Å². The lowest BCUT2D eigenvalue weighted by Gasteiger charge is -2.14. The molecule has 0 aliphatic rings.